The molecule has 0 saturated heterocycles. The van der Waals surface area contributed by atoms with Crippen LogP contribution in [0.25, 0.3) is 0 Å². The Bertz CT molecular complexity index is 212. The Balaban J connectivity index is -0.0000000448. The van der Waals surface area contributed by atoms with Crippen LogP contribution in [-0.2, 0) is 48.1 Å². The maximum Gasteiger partial charge on any atom is 2.00 e. The molecule has 10 radical (unpaired) electrons. The summed E-state index contributed by atoms with van der Waals surface area (Å²) in [6, 6.07) is 0. The molecule has 0 heterocycles. The molecule has 0 aromatic rings. The van der Waals surface area contributed by atoms with Crippen LogP contribution in [0.5, 0.6) is 0 Å². The Morgan fingerprint density at radius 3 is 1.12 bits per heavy atom. The molecule has 2 fully saturated rings. The Morgan fingerprint density at radius 2 is 1.00 bits per heavy atom. The predicted molar refractivity (Wildman–Crippen MR) is 87.4 cm³/mol. The van der Waals surface area contributed by atoms with Crippen LogP contribution in [-0.4, -0.2) is 6.26 Å². The summed E-state index contributed by atoms with van der Waals surface area (Å²) < 4.78 is 22.5. The number of thioether (sulfide) groups is 1. The Morgan fingerprint density at radius 1 is 0.792 bits per heavy atom. The van der Waals surface area contributed by atoms with E-state index in [9.17, 15) is 0 Å². The van der Waals surface area contributed by atoms with Crippen molar-refractivity contribution >= 4 is 11.8 Å². The van der Waals surface area contributed by atoms with Crippen LogP contribution in [0.1, 0.15) is 13.8 Å². The zero-order chi connectivity index (χ0) is 18.2. The molecule has 0 amide bonds. The first-order valence-corrected chi connectivity index (χ1v) is 7.39. The predicted octanol–water partition coefficient (Wildman–Crippen LogP) is 4.09. The van der Waals surface area contributed by atoms with Gasteiger partial charge in [-0.2, -0.15) is 0 Å². The molecule has 3 nitrogen and oxygen atoms in total. The first-order valence-electron chi connectivity index (χ1n) is 6.00. The molecule has 0 unspecified atom stereocenters. The average molecular weight is 429 g/mol. The van der Waals surface area contributed by atoms with Crippen molar-refractivity contribution in [3.8, 4) is 0 Å². The maximum absolute atomic E-state index is 7.50. The summed E-state index contributed by atoms with van der Waals surface area (Å²) in [6.07, 6.45) is 23.8. The molecule has 0 aromatic carbocycles. The van der Waals surface area contributed by atoms with Crippen molar-refractivity contribution in [3.63, 3.8) is 0 Å². The molecule has 2 rings (SSSR count). The van der Waals surface area contributed by atoms with Gasteiger partial charge in [-0.3, -0.25) is 6.26 Å². The van der Waals surface area contributed by atoms with E-state index in [1.807, 2.05) is 38.4 Å². The minimum absolute atomic E-state index is 0. The van der Waals surface area contributed by atoms with E-state index >= 15 is 0 Å². The molecule has 0 bridgehead atoms. The van der Waals surface area contributed by atoms with Gasteiger partial charge in [0.2, 0.25) is 0 Å². The van der Waals surface area contributed by atoms with Crippen molar-refractivity contribution in [2.75, 3.05) is 6.26 Å². The van der Waals surface area contributed by atoms with E-state index in [-0.39, 0.29) is 34.1 Å². The van der Waals surface area contributed by atoms with Crippen LogP contribution in [0.4, 0.5) is 0 Å². The SMILES string of the molecule is CC(C)[C]1[CH][CH][CH][CH]1.[C-]#[O+].[C-]#[O+].[C-]#[O+].[CH2-]SC.[CH]1[CH][CH][CH][CH]1.[Fe+2].[Fe]. The second-order valence-electron chi connectivity index (χ2n) is 3.62. The molecular formula is C18H21Fe2O3S+. The van der Waals surface area contributed by atoms with Crippen LogP contribution < -0.4 is 0 Å². The molecule has 24 heavy (non-hydrogen) atoms. The maximum atomic E-state index is 7.50. The third-order valence-electron chi connectivity index (χ3n) is 1.91. The number of hydrogen-bond acceptors (Lipinski definition) is 1. The van der Waals surface area contributed by atoms with Crippen LogP contribution >= 0.6 is 11.8 Å². The van der Waals surface area contributed by atoms with Crippen molar-refractivity contribution < 1.29 is 48.1 Å². The van der Waals surface area contributed by atoms with Crippen molar-refractivity contribution in [2.45, 2.75) is 13.8 Å². The van der Waals surface area contributed by atoms with Crippen LogP contribution in [0.2, 0.25) is 0 Å². The largest absolute Gasteiger partial charge is 2.00 e. The minimum Gasteiger partial charge on any atom is -0.357 e. The van der Waals surface area contributed by atoms with E-state index in [1.165, 1.54) is 17.7 Å². The van der Waals surface area contributed by atoms with Gasteiger partial charge in [0.15, 0.2) is 0 Å². The Hall–Kier alpha value is 0.609. The first kappa shape index (κ1) is 39.6. The van der Waals surface area contributed by atoms with Gasteiger partial charge >= 0.3 is 51.0 Å². The Labute approximate surface area is 175 Å². The summed E-state index contributed by atoms with van der Waals surface area (Å²) in [5.41, 5.74) is 0. The van der Waals surface area contributed by atoms with Crippen LogP contribution in [0.15, 0.2) is 0 Å². The minimum atomic E-state index is 0. The van der Waals surface area contributed by atoms with Gasteiger partial charge in [-0.05, 0) is 75.9 Å². The molecule has 6 heteroatoms. The summed E-state index contributed by atoms with van der Waals surface area (Å²) in [7, 11) is 0. The van der Waals surface area contributed by atoms with Crippen molar-refractivity contribution in [1.82, 2.24) is 0 Å². The summed E-state index contributed by atoms with van der Waals surface area (Å²) in [5.74, 6) is 2.12. The summed E-state index contributed by atoms with van der Waals surface area (Å²) >= 11 is 1.50. The van der Waals surface area contributed by atoms with Gasteiger partial charge in [-0.25, -0.2) is 0 Å². The van der Waals surface area contributed by atoms with Crippen molar-refractivity contribution in [3.05, 3.63) is 89.9 Å². The van der Waals surface area contributed by atoms with E-state index in [0.717, 1.165) is 0 Å². The van der Waals surface area contributed by atoms with E-state index in [2.05, 4.69) is 65.7 Å². The second-order valence-corrected chi connectivity index (χ2v) is 4.20. The van der Waals surface area contributed by atoms with Gasteiger partial charge < -0.3 is 11.8 Å². The van der Waals surface area contributed by atoms with E-state index < -0.39 is 0 Å². The van der Waals surface area contributed by atoms with E-state index in [0.29, 0.717) is 5.92 Å². The van der Waals surface area contributed by atoms with Crippen molar-refractivity contribution in [1.29, 1.82) is 0 Å². The van der Waals surface area contributed by atoms with Gasteiger partial charge in [0.25, 0.3) is 0 Å². The number of hydrogen-bond donors (Lipinski definition) is 0. The van der Waals surface area contributed by atoms with Gasteiger partial charge in [0.05, 0.1) is 0 Å². The molecule has 2 aliphatic carbocycles. The zero-order valence-corrected chi connectivity index (χ0v) is 16.8. The monoisotopic (exact) mass is 429 g/mol. The normalized spacial score (nSPS) is 13.6. The molecule has 132 valence electrons. The molecule has 0 N–H and O–H groups in total. The van der Waals surface area contributed by atoms with Gasteiger partial charge in [0.1, 0.15) is 0 Å². The standard InChI is InChI=1S/C8H11.C5H5.C2H5S.3CO.2Fe/c1-7(2)8-5-3-4-6-8;1-2-4-5-3-1;1-3-2;3*1-2;;/h3-7H,1-2H3;1-5H;1H2,2H3;;;;;/q;;-1;;;;;+2. The van der Waals surface area contributed by atoms with Crippen LogP contribution in [0, 0.1) is 95.8 Å². The topological polar surface area (TPSA) is 59.7 Å². The zero-order valence-electron chi connectivity index (χ0n) is 13.8. The third-order valence-corrected chi connectivity index (χ3v) is 1.91. The molecule has 2 saturated carbocycles. The van der Waals surface area contributed by atoms with Gasteiger partial charge in [-0.1, -0.05) is 13.8 Å². The summed E-state index contributed by atoms with van der Waals surface area (Å²) in [5, 5.41) is 0. The van der Waals surface area contributed by atoms with E-state index in [1.54, 1.807) is 0 Å². The smallest absolute Gasteiger partial charge is 0.357 e. The van der Waals surface area contributed by atoms with Crippen LogP contribution in [0.3, 0.4) is 0 Å². The quantitative estimate of drug-likeness (QED) is 0.352. The molecule has 0 aromatic heterocycles. The summed E-state index contributed by atoms with van der Waals surface area (Å²) in [4.78, 5) is 0. The summed E-state index contributed by atoms with van der Waals surface area (Å²) in [6.45, 7) is 17.9. The fraction of sp³-hybridized carbons (Fsp3) is 0.222. The first-order chi connectivity index (χ1) is 10.7. The second kappa shape index (κ2) is 43.7. The van der Waals surface area contributed by atoms with E-state index in [4.69, 9.17) is 14.0 Å². The molecular weight excluding hydrogens is 408 g/mol. The molecule has 0 atom stereocenters. The van der Waals surface area contributed by atoms with Crippen molar-refractivity contribution in [2.24, 2.45) is 5.92 Å². The average Bonchev–Trinajstić information content (AvgIpc) is 3.30. The molecule has 0 aliphatic heterocycles. The third kappa shape index (κ3) is 38.3. The Kier molecular flexibility index (Phi) is 72.2. The van der Waals surface area contributed by atoms with Gasteiger partial charge in [0, 0.05) is 17.1 Å². The molecule has 0 spiro atoms. The number of rotatable bonds is 1. The van der Waals surface area contributed by atoms with Gasteiger partial charge in [-0.15, -0.1) is 0 Å². The fourth-order valence-electron chi connectivity index (χ4n) is 1.09. The fourth-order valence-corrected chi connectivity index (χ4v) is 1.09. The molecule has 2 aliphatic rings.